The van der Waals surface area contributed by atoms with Gasteiger partial charge in [-0.15, -0.1) is 10.2 Å². The zero-order valence-corrected chi connectivity index (χ0v) is 17.2. The second-order valence-corrected chi connectivity index (χ2v) is 6.93. The monoisotopic (exact) mass is 445 g/mol. The first-order valence-corrected chi connectivity index (χ1v) is 9.72. The standard InChI is InChI=1S/C20H16FN3O6S/c1-28-18(26)12-6-13(19(27)29-2)9-15(8-12)22-16(25)10-31-20-24-23-17(30-20)11-4-3-5-14(21)7-11/h3-9H,10H2,1-2H3,(H,22,25). The van der Waals surface area contributed by atoms with Gasteiger partial charge in [-0.05, 0) is 36.4 Å². The summed E-state index contributed by atoms with van der Waals surface area (Å²) in [7, 11) is 2.40. The minimum atomic E-state index is -0.675. The van der Waals surface area contributed by atoms with Gasteiger partial charge in [0.25, 0.3) is 5.22 Å². The summed E-state index contributed by atoms with van der Waals surface area (Å²) in [6.45, 7) is 0. The van der Waals surface area contributed by atoms with E-state index in [1.54, 1.807) is 6.07 Å². The van der Waals surface area contributed by atoms with Crippen molar-refractivity contribution in [1.82, 2.24) is 10.2 Å². The van der Waals surface area contributed by atoms with Crippen molar-refractivity contribution in [3.8, 4) is 11.5 Å². The van der Waals surface area contributed by atoms with Crippen molar-refractivity contribution in [2.75, 3.05) is 25.3 Å². The number of anilines is 1. The Labute approximate surface area is 179 Å². The van der Waals surface area contributed by atoms with Gasteiger partial charge in [-0.3, -0.25) is 4.79 Å². The number of rotatable bonds is 7. The van der Waals surface area contributed by atoms with Crippen LogP contribution in [-0.2, 0) is 14.3 Å². The van der Waals surface area contributed by atoms with Gasteiger partial charge in [0.15, 0.2) is 0 Å². The van der Waals surface area contributed by atoms with Crippen LogP contribution < -0.4 is 5.32 Å². The summed E-state index contributed by atoms with van der Waals surface area (Å²) in [5, 5.41) is 10.4. The topological polar surface area (TPSA) is 121 Å². The van der Waals surface area contributed by atoms with Crippen LogP contribution in [0.3, 0.4) is 0 Å². The molecule has 31 heavy (non-hydrogen) atoms. The lowest BCUT2D eigenvalue weighted by atomic mass is 10.1. The molecule has 0 aliphatic heterocycles. The number of aromatic nitrogens is 2. The molecule has 1 amide bonds. The van der Waals surface area contributed by atoms with Gasteiger partial charge in [-0.25, -0.2) is 14.0 Å². The minimum absolute atomic E-state index is 0.0741. The van der Waals surface area contributed by atoms with E-state index in [1.807, 2.05) is 0 Å². The quantitative estimate of drug-likeness (QED) is 0.432. The maximum atomic E-state index is 13.3. The highest BCUT2D eigenvalue weighted by molar-refractivity contribution is 7.99. The highest BCUT2D eigenvalue weighted by atomic mass is 32.2. The van der Waals surface area contributed by atoms with Crippen molar-refractivity contribution >= 4 is 35.3 Å². The van der Waals surface area contributed by atoms with Crippen molar-refractivity contribution in [3.63, 3.8) is 0 Å². The van der Waals surface area contributed by atoms with Crippen LogP contribution in [0.2, 0.25) is 0 Å². The summed E-state index contributed by atoms with van der Waals surface area (Å²) in [4.78, 5) is 36.0. The Bertz CT molecular complexity index is 1100. The third-order valence-electron chi connectivity index (χ3n) is 3.86. The normalized spacial score (nSPS) is 10.4. The lowest BCUT2D eigenvalue weighted by Crippen LogP contribution is -2.16. The highest BCUT2D eigenvalue weighted by Gasteiger charge is 2.16. The third-order valence-corrected chi connectivity index (χ3v) is 4.68. The molecule has 0 unspecified atom stereocenters. The fourth-order valence-electron chi connectivity index (χ4n) is 2.50. The molecule has 0 aliphatic carbocycles. The number of carbonyl (C=O) groups excluding carboxylic acids is 3. The zero-order chi connectivity index (χ0) is 22.4. The second-order valence-electron chi connectivity index (χ2n) is 6.00. The molecular formula is C20H16FN3O6S. The number of ether oxygens (including phenoxy) is 2. The number of halogens is 1. The number of hydrogen-bond acceptors (Lipinski definition) is 9. The number of thioether (sulfide) groups is 1. The predicted molar refractivity (Wildman–Crippen MR) is 108 cm³/mol. The number of benzene rings is 2. The van der Waals surface area contributed by atoms with Gasteiger partial charge in [-0.1, -0.05) is 17.8 Å². The Kier molecular flexibility index (Phi) is 6.98. The Balaban J connectivity index is 1.67. The maximum Gasteiger partial charge on any atom is 0.337 e. The third kappa shape index (κ3) is 5.66. The molecule has 0 spiro atoms. The molecule has 0 saturated heterocycles. The number of methoxy groups -OCH3 is 2. The van der Waals surface area contributed by atoms with Gasteiger partial charge >= 0.3 is 11.9 Å². The Hall–Kier alpha value is -3.73. The molecule has 11 heteroatoms. The van der Waals surface area contributed by atoms with Crippen LogP contribution in [0.1, 0.15) is 20.7 Å². The van der Waals surface area contributed by atoms with E-state index in [9.17, 15) is 18.8 Å². The summed E-state index contributed by atoms with van der Waals surface area (Å²) < 4.78 is 28.1. The fraction of sp³-hybridized carbons (Fsp3) is 0.150. The van der Waals surface area contributed by atoms with Gasteiger partial charge < -0.3 is 19.2 Å². The molecule has 2 aromatic carbocycles. The van der Waals surface area contributed by atoms with Crippen molar-refractivity contribution in [2.24, 2.45) is 0 Å². The second kappa shape index (κ2) is 9.85. The zero-order valence-electron chi connectivity index (χ0n) is 16.4. The van der Waals surface area contributed by atoms with Crippen LogP contribution in [0, 0.1) is 5.82 Å². The first-order valence-electron chi connectivity index (χ1n) is 8.73. The smallest absolute Gasteiger partial charge is 0.337 e. The largest absolute Gasteiger partial charge is 0.465 e. The molecule has 0 atom stereocenters. The number of esters is 2. The van der Waals surface area contributed by atoms with Crippen molar-refractivity contribution < 1.29 is 32.7 Å². The minimum Gasteiger partial charge on any atom is -0.465 e. The highest BCUT2D eigenvalue weighted by Crippen LogP contribution is 2.24. The molecular weight excluding hydrogens is 429 g/mol. The maximum absolute atomic E-state index is 13.3. The van der Waals surface area contributed by atoms with E-state index in [4.69, 9.17) is 4.42 Å². The predicted octanol–water partition coefficient (Wildman–Crippen LogP) is 3.18. The molecule has 3 rings (SSSR count). The van der Waals surface area contributed by atoms with Gasteiger partial charge in [0.2, 0.25) is 11.8 Å². The molecule has 0 bridgehead atoms. The van der Waals surface area contributed by atoms with E-state index in [2.05, 4.69) is 25.0 Å². The lowest BCUT2D eigenvalue weighted by molar-refractivity contribution is -0.113. The molecule has 0 aliphatic rings. The van der Waals surface area contributed by atoms with Crippen LogP contribution >= 0.6 is 11.8 Å². The van der Waals surface area contributed by atoms with Crippen LogP contribution in [0.5, 0.6) is 0 Å². The van der Waals surface area contributed by atoms with Crippen LogP contribution in [0.15, 0.2) is 52.1 Å². The first-order chi connectivity index (χ1) is 14.9. The van der Waals surface area contributed by atoms with Crippen LogP contribution in [-0.4, -0.2) is 48.0 Å². The number of nitrogens with zero attached hydrogens (tertiary/aromatic N) is 2. The van der Waals surface area contributed by atoms with E-state index in [-0.39, 0.29) is 33.7 Å². The lowest BCUT2D eigenvalue weighted by Gasteiger charge is -2.09. The number of nitrogens with one attached hydrogen (secondary N) is 1. The summed E-state index contributed by atoms with van der Waals surface area (Å²) in [5.74, 6) is -2.22. The summed E-state index contributed by atoms with van der Waals surface area (Å²) in [5.41, 5.74) is 0.772. The molecule has 1 N–H and O–H groups in total. The first kappa shape index (κ1) is 22.0. The molecule has 0 radical (unpaired) electrons. The van der Waals surface area contributed by atoms with Crippen molar-refractivity contribution in [3.05, 3.63) is 59.4 Å². The van der Waals surface area contributed by atoms with Crippen LogP contribution in [0.25, 0.3) is 11.5 Å². The van der Waals surface area contributed by atoms with Crippen molar-refractivity contribution in [1.29, 1.82) is 0 Å². The molecule has 1 heterocycles. The van der Waals surface area contributed by atoms with Gasteiger partial charge in [0, 0.05) is 11.3 Å². The number of amides is 1. The summed E-state index contributed by atoms with van der Waals surface area (Å²) >= 11 is 0.968. The molecule has 0 saturated carbocycles. The molecule has 3 aromatic rings. The summed E-state index contributed by atoms with van der Waals surface area (Å²) in [6.07, 6.45) is 0. The Morgan fingerprint density at radius 1 is 1.03 bits per heavy atom. The van der Waals surface area contributed by atoms with E-state index in [0.29, 0.717) is 5.56 Å². The molecule has 160 valence electrons. The Morgan fingerprint density at radius 2 is 1.71 bits per heavy atom. The molecule has 9 nitrogen and oxygen atoms in total. The number of hydrogen-bond donors (Lipinski definition) is 1. The summed E-state index contributed by atoms with van der Waals surface area (Å²) in [6, 6.07) is 9.72. The SMILES string of the molecule is COC(=O)c1cc(NC(=O)CSc2nnc(-c3cccc(F)c3)o2)cc(C(=O)OC)c1. The number of carbonyl (C=O) groups is 3. The van der Waals surface area contributed by atoms with Crippen LogP contribution in [0.4, 0.5) is 10.1 Å². The van der Waals surface area contributed by atoms with Gasteiger partial charge in [-0.2, -0.15) is 0 Å². The Morgan fingerprint density at radius 3 is 2.32 bits per heavy atom. The van der Waals surface area contributed by atoms with E-state index in [1.165, 1.54) is 50.6 Å². The average molecular weight is 445 g/mol. The van der Waals surface area contributed by atoms with E-state index in [0.717, 1.165) is 11.8 Å². The van der Waals surface area contributed by atoms with E-state index >= 15 is 0 Å². The van der Waals surface area contributed by atoms with Gasteiger partial charge in [0.05, 0.1) is 31.1 Å². The average Bonchev–Trinajstić information content (AvgIpc) is 3.25. The fourth-order valence-corrected chi connectivity index (χ4v) is 3.06. The molecule has 0 fully saturated rings. The van der Waals surface area contributed by atoms with E-state index < -0.39 is 23.7 Å². The van der Waals surface area contributed by atoms with Gasteiger partial charge in [0.1, 0.15) is 5.82 Å². The molecule has 1 aromatic heterocycles. The van der Waals surface area contributed by atoms with Crippen molar-refractivity contribution in [2.45, 2.75) is 5.22 Å².